The number of nitrogens with zero attached hydrogens (tertiary/aromatic N) is 2. The van der Waals surface area contributed by atoms with Crippen LogP contribution in [-0.4, -0.2) is 40.4 Å². The number of hydrogen-bond donors (Lipinski definition) is 1. The molecule has 2 aromatic carbocycles. The zero-order chi connectivity index (χ0) is 24.9. The normalized spacial score (nSPS) is 15.4. The number of benzene rings is 2. The van der Waals surface area contributed by atoms with Crippen molar-refractivity contribution in [3.8, 4) is 0 Å². The van der Waals surface area contributed by atoms with Crippen molar-refractivity contribution in [1.29, 1.82) is 0 Å². The molecular weight excluding hydrogens is 489 g/mol. The number of hydrogen-bond acceptors (Lipinski definition) is 6. The molecule has 35 heavy (non-hydrogen) atoms. The van der Waals surface area contributed by atoms with Crippen molar-refractivity contribution in [2.24, 2.45) is 0 Å². The number of thiocarbonyl (C=S) groups is 1. The van der Waals surface area contributed by atoms with Gasteiger partial charge in [-0.3, -0.25) is 14.5 Å². The SMILES string of the molecule is CCOC(=O)c1ccc(N2C(=O)C(CC(=O)Nc3ccc(F)cc3)N(Cc3cccs3)C2=S)cc1. The van der Waals surface area contributed by atoms with Gasteiger partial charge in [0.1, 0.15) is 11.9 Å². The predicted octanol–water partition coefficient (Wildman–Crippen LogP) is 4.60. The maximum Gasteiger partial charge on any atom is 0.338 e. The van der Waals surface area contributed by atoms with Gasteiger partial charge in [0, 0.05) is 10.6 Å². The number of esters is 1. The minimum Gasteiger partial charge on any atom is -0.462 e. The fourth-order valence-electron chi connectivity index (χ4n) is 3.70. The lowest BCUT2D eigenvalue weighted by atomic mass is 10.1. The van der Waals surface area contributed by atoms with Crippen LogP contribution in [0.5, 0.6) is 0 Å². The summed E-state index contributed by atoms with van der Waals surface area (Å²) in [6.07, 6.45) is -0.140. The molecule has 0 spiro atoms. The second-order valence-electron chi connectivity index (χ2n) is 7.71. The van der Waals surface area contributed by atoms with Crippen LogP contribution in [0.3, 0.4) is 0 Å². The Balaban J connectivity index is 1.56. The molecule has 0 bridgehead atoms. The molecule has 1 aliphatic rings. The summed E-state index contributed by atoms with van der Waals surface area (Å²) in [6.45, 7) is 2.35. The number of amides is 2. The highest BCUT2D eigenvalue weighted by Gasteiger charge is 2.44. The van der Waals surface area contributed by atoms with Gasteiger partial charge >= 0.3 is 5.97 Å². The molecule has 1 fully saturated rings. The Labute approximate surface area is 211 Å². The van der Waals surface area contributed by atoms with Gasteiger partial charge in [-0.15, -0.1) is 11.3 Å². The average Bonchev–Trinajstić information content (AvgIpc) is 3.43. The van der Waals surface area contributed by atoms with Gasteiger partial charge in [0.2, 0.25) is 5.91 Å². The van der Waals surface area contributed by atoms with Crippen molar-refractivity contribution in [2.45, 2.75) is 25.9 Å². The van der Waals surface area contributed by atoms with E-state index in [9.17, 15) is 18.8 Å². The molecule has 180 valence electrons. The van der Waals surface area contributed by atoms with Crippen LogP contribution in [-0.2, 0) is 20.9 Å². The van der Waals surface area contributed by atoms with Crippen LogP contribution in [0, 0.1) is 5.82 Å². The van der Waals surface area contributed by atoms with Gasteiger partial charge in [-0.05, 0) is 79.1 Å². The van der Waals surface area contributed by atoms with Crippen LogP contribution in [0.25, 0.3) is 0 Å². The zero-order valence-corrected chi connectivity index (χ0v) is 20.4. The lowest BCUT2D eigenvalue weighted by molar-refractivity contribution is -0.124. The predicted molar refractivity (Wildman–Crippen MR) is 136 cm³/mol. The highest BCUT2D eigenvalue weighted by molar-refractivity contribution is 7.80. The lowest BCUT2D eigenvalue weighted by Gasteiger charge is -2.23. The Kier molecular flexibility index (Phi) is 7.52. The van der Waals surface area contributed by atoms with Crippen LogP contribution in [0.4, 0.5) is 15.8 Å². The third-order valence-electron chi connectivity index (χ3n) is 5.37. The quantitative estimate of drug-likeness (QED) is 0.352. The molecule has 10 heteroatoms. The van der Waals surface area contributed by atoms with E-state index in [0.29, 0.717) is 23.5 Å². The van der Waals surface area contributed by atoms with Crippen LogP contribution in [0.15, 0.2) is 66.0 Å². The summed E-state index contributed by atoms with van der Waals surface area (Å²) in [6, 6.07) is 14.8. The van der Waals surface area contributed by atoms with Crippen molar-refractivity contribution in [2.75, 3.05) is 16.8 Å². The van der Waals surface area contributed by atoms with Crippen molar-refractivity contribution in [1.82, 2.24) is 4.90 Å². The van der Waals surface area contributed by atoms with Gasteiger partial charge in [0.05, 0.1) is 30.8 Å². The average molecular weight is 512 g/mol. The summed E-state index contributed by atoms with van der Waals surface area (Å²) in [5.74, 6) is -1.60. The summed E-state index contributed by atoms with van der Waals surface area (Å²) in [4.78, 5) is 42.3. The van der Waals surface area contributed by atoms with E-state index < -0.39 is 23.7 Å². The Morgan fingerprint density at radius 1 is 1.11 bits per heavy atom. The van der Waals surface area contributed by atoms with Crippen molar-refractivity contribution in [3.63, 3.8) is 0 Å². The van der Waals surface area contributed by atoms with E-state index in [1.165, 1.54) is 40.5 Å². The van der Waals surface area contributed by atoms with E-state index in [1.54, 1.807) is 36.1 Å². The second kappa shape index (κ2) is 10.7. The molecule has 1 aromatic heterocycles. The molecule has 7 nitrogen and oxygen atoms in total. The highest BCUT2D eigenvalue weighted by Crippen LogP contribution is 2.30. The number of halogens is 1. The summed E-state index contributed by atoms with van der Waals surface area (Å²) in [7, 11) is 0. The Hall–Kier alpha value is -3.63. The van der Waals surface area contributed by atoms with Crippen molar-refractivity contribution in [3.05, 3.63) is 82.3 Å². The van der Waals surface area contributed by atoms with E-state index >= 15 is 0 Å². The first-order chi connectivity index (χ1) is 16.9. The van der Waals surface area contributed by atoms with Gasteiger partial charge in [0.25, 0.3) is 5.91 Å². The van der Waals surface area contributed by atoms with Crippen molar-refractivity contribution < 1.29 is 23.5 Å². The standard InChI is InChI=1S/C25H22FN3O4S2/c1-2-33-24(32)16-5-11-19(12-6-16)29-23(31)21(28(25(29)34)15-20-4-3-13-35-20)14-22(30)27-18-9-7-17(26)8-10-18/h3-13,21H,2,14-15H2,1H3,(H,27,30). The Bertz CT molecular complexity index is 1230. The van der Waals surface area contributed by atoms with E-state index in [1.807, 2.05) is 17.5 Å². The van der Waals surface area contributed by atoms with Crippen LogP contribution in [0.2, 0.25) is 0 Å². The van der Waals surface area contributed by atoms with E-state index in [0.717, 1.165) is 4.88 Å². The number of nitrogens with one attached hydrogen (secondary N) is 1. The smallest absolute Gasteiger partial charge is 0.338 e. The second-order valence-corrected chi connectivity index (χ2v) is 9.10. The van der Waals surface area contributed by atoms with Gasteiger partial charge in [0.15, 0.2) is 5.11 Å². The summed E-state index contributed by atoms with van der Waals surface area (Å²) in [5, 5.41) is 4.90. The van der Waals surface area contributed by atoms with Gasteiger partial charge in [-0.25, -0.2) is 9.18 Å². The molecule has 2 heterocycles. The number of anilines is 2. The highest BCUT2D eigenvalue weighted by atomic mass is 32.1. The number of ether oxygens (including phenoxy) is 1. The largest absolute Gasteiger partial charge is 0.462 e. The first-order valence-electron chi connectivity index (χ1n) is 10.9. The third-order valence-corrected chi connectivity index (χ3v) is 6.65. The molecule has 0 saturated carbocycles. The van der Waals surface area contributed by atoms with E-state index in [2.05, 4.69) is 5.32 Å². The fourth-order valence-corrected chi connectivity index (χ4v) is 4.79. The Morgan fingerprint density at radius 3 is 2.46 bits per heavy atom. The van der Waals surface area contributed by atoms with E-state index in [4.69, 9.17) is 17.0 Å². The first-order valence-corrected chi connectivity index (χ1v) is 12.2. The number of carbonyl (C=O) groups is 3. The molecule has 2 amide bonds. The molecule has 0 aliphatic carbocycles. The molecule has 4 rings (SSSR count). The van der Waals surface area contributed by atoms with E-state index in [-0.39, 0.29) is 24.0 Å². The minimum atomic E-state index is -0.824. The molecular formula is C25H22FN3O4S2. The van der Waals surface area contributed by atoms with Gasteiger partial charge in [-0.1, -0.05) is 6.07 Å². The summed E-state index contributed by atoms with van der Waals surface area (Å²) >= 11 is 7.19. The molecule has 1 unspecified atom stereocenters. The molecule has 1 aliphatic heterocycles. The molecule has 1 atom stereocenters. The molecule has 3 aromatic rings. The number of carbonyl (C=O) groups excluding carboxylic acids is 3. The number of rotatable bonds is 8. The number of thiophene rings is 1. The van der Waals surface area contributed by atoms with Crippen LogP contribution in [0.1, 0.15) is 28.6 Å². The third kappa shape index (κ3) is 5.55. The topological polar surface area (TPSA) is 78.9 Å². The van der Waals surface area contributed by atoms with Crippen LogP contribution < -0.4 is 10.2 Å². The first kappa shape index (κ1) is 24.5. The van der Waals surface area contributed by atoms with Crippen molar-refractivity contribution >= 4 is 57.8 Å². The molecule has 0 radical (unpaired) electrons. The Morgan fingerprint density at radius 2 is 1.83 bits per heavy atom. The summed E-state index contributed by atoms with van der Waals surface area (Å²) in [5.41, 5.74) is 1.28. The minimum absolute atomic E-state index is 0.140. The fraction of sp³-hybridized carbons (Fsp3) is 0.200. The summed E-state index contributed by atoms with van der Waals surface area (Å²) < 4.78 is 18.2. The molecule has 1 N–H and O–H groups in total. The van der Waals surface area contributed by atoms with Gasteiger partial charge < -0.3 is 15.0 Å². The zero-order valence-electron chi connectivity index (χ0n) is 18.8. The lowest BCUT2D eigenvalue weighted by Crippen LogP contribution is -2.37. The molecule has 1 saturated heterocycles. The maximum atomic E-state index is 13.5. The monoisotopic (exact) mass is 511 g/mol. The van der Waals surface area contributed by atoms with Gasteiger partial charge in [-0.2, -0.15) is 0 Å². The maximum absolute atomic E-state index is 13.5. The van der Waals surface area contributed by atoms with Crippen LogP contribution >= 0.6 is 23.6 Å².